The van der Waals surface area contributed by atoms with Gasteiger partial charge < -0.3 is 13.9 Å². The first-order valence-electron chi connectivity index (χ1n) is 8.04. The second kappa shape index (κ2) is 8.54. The summed E-state index contributed by atoms with van der Waals surface area (Å²) in [5.74, 6) is 3.61. The van der Waals surface area contributed by atoms with Crippen LogP contribution in [-0.2, 0) is 15.8 Å². The molecule has 0 fully saturated rings. The highest BCUT2D eigenvalue weighted by Gasteiger charge is 2.38. The van der Waals surface area contributed by atoms with E-state index in [0.29, 0.717) is 13.2 Å². The van der Waals surface area contributed by atoms with E-state index in [1.807, 2.05) is 24.3 Å². The Morgan fingerprint density at radius 3 is 2.26 bits per heavy atom. The molecule has 0 amide bonds. The highest BCUT2D eigenvalue weighted by Crippen LogP contribution is 2.37. The number of hydrogen-bond acceptors (Lipinski definition) is 3. The van der Waals surface area contributed by atoms with Gasteiger partial charge in [0.2, 0.25) is 0 Å². The maximum absolute atomic E-state index is 6.24. The van der Waals surface area contributed by atoms with E-state index in [1.54, 1.807) is 7.11 Å². The molecule has 0 saturated heterocycles. The maximum Gasteiger partial charge on any atom is 0.193 e. The van der Waals surface area contributed by atoms with Gasteiger partial charge in [-0.2, -0.15) is 0 Å². The summed E-state index contributed by atoms with van der Waals surface area (Å²) in [7, 11) is -0.175. The van der Waals surface area contributed by atoms with E-state index >= 15 is 0 Å². The van der Waals surface area contributed by atoms with Crippen molar-refractivity contribution in [3.63, 3.8) is 0 Å². The van der Waals surface area contributed by atoms with Gasteiger partial charge in [0.1, 0.15) is 11.9 Å². The molecule has 0 spiro atoms. The molecule has 0 heterocycles. The maximum atomic E-state index is 6.24. The number of hydrogen-bond donors (Lipinski definition) is 0. The van der Waals surface area contributed by atoms with E-state index in [9.17, 15) is 0 Å². The first-order valence-corrected chi connectivity index (χ1v) is 10.9. The lowest BCUT2D eigenvalue weighted by molar-refractivity contribution is 0.0929. The molecule has 1 aromatic rings. The lowest BCUT2D eigenvalue weighted by Crippen LogP contribution is -2.43. The lowest BCUT2D eigenvalue weighted by Gasteiger charge is -2.38. The first kappa shape index (κ1) is 19.8. The van der Waals surface area contributed by atoms with E-state index in [1.165, 1.54) is 0 Å². The van der Waals surface area contributed by atoms with Crippen LogP contribution in [0, 0.1) is 12.3 Å². The van der Waals surface area contributed by atoms with Gasteiger partial charge in [-0.25, -0.2) is 0 Å². The highest BCUT2D eigenvalue weighted by molar-refractivity contribution is 6.74. The summed E-state index contributed by atoms with van der Waals surface area (Å²) in [4.78, 5) is 0. The molecule has 0 aliphatic carbocycles. The number of rotatable bonds is 8. The zero-order chi connectivity index (χ0) is 17.5. The predicted octanol–water partition coefficient (Wildman–Crippen LogP) is 4.63. The van der Waals surface area contributed by atoms with Crippen molar-refractivity contribution in [1.82, 2.24) is 0 Å². The average molecular weight is 335 g/mol. The molecule has 0 radical (unpaired) electrons. The van der Waals surface area contributed by atoms with Crippen LogP contribution in [0.4, 0.5) is 0 Å². The van der Waals surface area contributed by atoms with Crippen molar-refractivity contribution < 1.29 is 13.9 Å². The Morgan fingerprint density at radius 1 is 1.17 bits per heavy atom. The summed E-state index contributed by atoms with van der Waals surface area (Å²) in [6.45, 7) is 12.2. The number of ether oxygens (including phenoxy) is 2. The van der Waals surface area contributed by atoms with Crippen molar-refractivity contribution in [3.05, 3.63) is 29.8 Å². The summed E-state index contributed by atoms with van der Waals surface area (Å²) >= 11 is 0. The van der Waals surface area contributed by atoms with E-state index in [0.717, 1.165) is 17.7 Å². The molecule has 23 heavy (non-hydrogen) atoms. The van der Waals surface area contributed by atoms with E-state index in [4.69, 9.17) is 20.3 Å². The standard InChI is InChI=1S/C19H30O3Si/c1-8-17(22-23(6,7)19(2,3)4)13-14-21-15-16-9-11-18(20-5)12-10-16/h1,9-12,17H,13-15H2,2-7H3/t17-/m1/s1. The molecule has 0 N–H and O–H groups in total. The minimum atomic E-state index is -1.84. The third kappa shape index (κ3) is 6.38. The smallest absolute Gasteiger partial charge is 0.193 e. The third-order valence-corrected chi connectivity index (χ3v) is 8.87. The van der Waals surface area contributed by atoms with Gasteiger partial charge in [0.15, 0.2) is 8.32 Å². The Morgan fingerprint density at radius 2 is 1.78 bits per heavy atom. The summed E-state index contributed by atoms with van der Waals surface area (Å²) < 4.78 is 17.1. The molecular formula is C19H30O3Si. The highest BCUT2D eigenvalue weighted by atomic mass is 28.4. The van der Waals surface area contributed by atoms with Crippen LogP contribution in [-0.4, -0.2) is 28.1 Å². The molecule has 0 unspecified atom stereocenters. The van der Waals surface area contributed by atoms with Gasteiger partial charge in [0.05, 0.1) is 20.3 Å². The molecular weight excluding hydrogens is 304 g/mol. The quantitative estimate of drug-likeness (QED) is 0.394. The van der Waals surface area contributed by atoms with Crippen molar-refractivity contribution >= 4 is 8.32 Å². The second-order valence-corrected chi connectivity index (χ2v) is 12.0. The molecule has 1 atom stereocenters. The van der Waals surface area contributed by atoms with E-state index in [-0.39, 0.29) is 11.1 Å². The minimum absolute atomic E-state index is 0.159. The summed E-state index contributed by atoms with van der Waals surface area (Å²) in [6, 6.07) is 7.88. The van der Waals surface area contributed by atoms with Crippen LogP contribution in [0.5, 0.6) is 5.75 Å². The lowest BCUT2D eigenvalue weighted by atomic mass is 10.2. The van der Waals surface area contributed by atoms with Gasteiger partial charge in [-0.05, 0) is 35.8 Å². The monoisotopic (exact) mass is 334 g/mol. The van der Waals surface area contributed by atoms with Crippen LogP contribution < -0.4 is 4.74 Å². The van der Waals surface area contributed by atoms with Gasteiger partial charge in [-0.1, -0.05) is 38.8 Å². The number of benzene rings is 1. The molecule has 3 nitrogen and oxygen atoms in total. The van der Waals surface area contributed by atoms with Gasteiger partial charge in [-0.15, -0.1) is 6.42 Å². The van der Waals surface area contributed by atoms with E-state index < -0.39 is 8.32 Å². The fourth-order valence-corrected chi connectivity index (χ4v) is 3.06. The van der Waals surface area contributed by atoms with Crippen molar-refractivity contribution in [3.8, 4) is 18.1 Å². The largest absolute Gasteiger partial charge is 0.497 e. The fourth-order valence-electron chi connectivity index (χ4n) is 1.81. The Hall–Kier alpha value is -1.28. The zero-order valence-electron chi connectivity index (χ0n) is 15.3. The van der Waals surface area contributed by atoms with Crippen molar-refractivity contribution in [2.75, 3.05) is 13.7 Å². The topological polar surface area (TPSA) is 27.7 Å². The molecule has 1 rings (SSSR count). The normalized spacial score (nSPS) is 13.4. The van der Waals surface area contributed by atoms with Crippen LogP contribution in [0.2, 0.25) is 18.1 Å². The molecule has 0 aliphatic rings. The van der Waals surface area contributed by atoms with Gasteiger partial charge >= 0.3 is 0 Å². The molecule has 4 heteroatoms. The summed E-state index contributed by atoms with van der Waals surface area (Å²) in [5, 5.41) is 0.159. The Kier molecular flexibility index (Phi) is 7.33. The van der Waals surface area contributed by atoms with Crippen LogP contribution in [0.15, 0.2) is 24.3 Å². The van der Waals surface area contributed by atoms with Crippen LogP contribution in [0.3, 0.4) is 0 Å². The molecule has 0 aliphatic heterocycles. The molecule has 0 bridgehead atoms. The van der Waals surface area contributed by atoms with Crippen LogP contribution >= 0.6 is 0 Å². The number of terminal acetylenes is 1. The Labute approximate surface area is 142 Å². The summed E-state index contributed by atoms with van der Waals surface area (Å²) in [6.07, 6.45) is 6.17. The van der Waals surface area contributed by atoms with Gasteiger partial charge in [0.25, 0.3) is 0 Å². The molecule has 1 aromatic carbocycles. The van der Waals surface area contributed by atoms with Crippen LogP contribution in [0.25, 0.3) is 0 Å². The minimum Gasteiger partial charge on any atom is -0.497 e. The van der Waals surface area contributed by atoms with Crippen molar-refractivity contribution in [1.29, 1.82) is 0 Å². The van der Waals surface area contributed by atoms with E-state index in [2.05, 4.69) is 39.8 Å². The fraction of sp³-hybridized carbons (Fsp3) is 0.579. The predicted molar refractivity (Wildman–Crippen MR) is 98.2 cm³/mol. The van der Waals surface area contributed by atoms with Crippen molar-refractivity contribution in [2.24, 2.45) is 0 Å². The van der Waals surface area contributed by atoms with Gasteiger partial charge in [0, 0.05) is 6.42 Å². The third-order valence-electron chi connectivity index (χ3n) is 4.38. The zero-order valence-corrected chi connectivity index (χ0v) is 16.3. The van der Waals surface area contributed by atoms with Gasteiger partial charge in [-0.3, -0.25) is 0 Å². The number of methoxy groups -OCH3 is 1. The summed E-state index contributed by atoms with van der Waals surface area (Å²) in [5.41, 5.74) is 1.12. The molecule has 128 valence electrons. The Balaban J connectivity index is 2.39. The second-order valence-electron chi connectivity index (χ2n) is 7.22. The van der Waals surface area contributed by atoms with Crippen molar-refractivity contribution in [2.45, 2.75) is 58.0 Å². The Bertz CT molecular complexity index is 509. The SMILES string of the molecule is C#C[C@H](CCOCc1ccc(OC)cc1)O[Si](C)(C)C(C)(C)C. The van der Waals surface area contributed by atoms with Crippen LogP contribution in [0.1, 0.15) is 32.8 Å². The molecule has 0 saturated carbocycles. The molecule has 0 aromatic heterocycles. The first-order chi connectivity index (χ1) is 10.7. The average Bonchev–Trinajstić information content (AvgIpc) is 2.49.